The van der Waals surface area contributed by atoms with E-state index in [1.165, 1.54) is 0 Å². The first kappa shape index (κ1) is 30.9. The summed E-state index contributed by atoms with van der Waals surface area (Å²) in [6, 6.07) is -4.78. The summed E-state index contributed by atoms with van der Waals surface area (Å²) in [4.78, 5) is 106. The number of hydrogen-bond donors (Lipinski definition) is 0. The molecule has 232 valence electrons. The van der Waals surface area contributed by atoms with Gasteiger partial charge in [-0.15, -0.1) is 0 Å². The summed E-state index contributed by atoms with van der Waals surface area (Å²) in [6.07, 6.45) is -7.36. The lowest BCUT2D eigenvalue weighted by atomic mass is 9.31. The summed E-state index contributed by atoms with van der Waals surface area (Å²) >= 11 is 0. The van der Waals surface area contributed by atoms with Gasteiger partial charge in [0.1, 0.15) is 42.4 Å². The fourth-order valence-electron chi connectivity index (χ4n) is 7.64. The molecular weight excluding hydrogens is 626 g/mol. The van der Waals surface area contributed by atoms with Crippen LogP contribution in [0.15, 0.2) is 0 Å². The fourth-order valence-corrected chi connectivity index (χ4v) is 7.64. The highest BCUT2D eigenvalue weighted by Gasteiger charge is 3.36. The third-order valence-electron chi connectivity index (χ3n) is 8.54. The zero-order chi connectivity index (χ0) is 33.8. The summed E-state index contributed by atoms with van der Waals surface area (Å²) in [7, 11) is 0. The molecule has 4 fully saturated rings. The number of nitrogens with zero attached hydrogens (tertiary/aromatic N) is 11. The molecule has 0 aromatic heterocycles. The van der Waals surface area contributed by atoms with E-state index in [1.54, 1.807) is 0 Å². The highest BCUT2D eigenvalue weighted by atomic mass is 16.7. The molecule has 4 saturated carbocycles. The largest absolute Gasteiger partial charge is 0.626 e. The van der Waals surface area contributed by atoms with E-state index in [0.717, 1.165) is 0 Å². The molecule has 33 heteroatoms. The van der Waals surface area contributed by atoms with Crippen LogP contribution in [0.1, 0.15) is 12.8 Å². The summed E-state index contributed by atoms with van der Waals surface area (Å²) in [6.45, 7) is 0. The minimum Gasteiger partial charge on any atom is -0.264 e. The van der Waals surface area contributed by atoms with E-state index in [1.807, 2.05) is 0 Å². The predicted molar refractivity (Wildman–Crippen MR) is 109 cm³/mol. The topological polar surface area (TPSA) is 475 Å². The van der Waals surface area contributed by atoms with Gasteiger partial charge in [0.25, 0.3) is 0 Å². The van der Waals surface area contributed by atoms with Gasteiger partial charge >= 0.3 is 45.2 Å². The maximum Gasteiger partial charge on any atom is 0.626 e. The van der Waals surface area contributed by atoms with Crippen molar-refractivity contribution in [1.82, 2.24) is 0 Å². The Kier molecular flexibility index (Phi) is 5.59. The van der Waals surface area contributed by atoms with E-state index in [0.29, 0.717) is 0 Å². The first-order chi connectivity index (χ1) is 19.4. The van der Waals surface area contributed by atoms with Gasteiger partial charge in [-0.2, -0.15) is 0 Å². The molecule has 0 aliphatic heterocycles. The van der Waals surface area contributed by atoms with Gasteiger partial charge in [0.2, 0.25) is 0 Å². The second-order valence-corrected chi connectivity index (χ2v) is 9.20. The van der Waals surface area contributed by atoms with E-state index in [2.05, 4.69) is 0 Å². The number of nitro groups is 11. The molecule has 0 radical (unpaired) electrons. The van der Waals surface area contributed by atoms with E-state index >= 15 is 0 Å². The van der Waals surface area contributed by atoms with Crippen molar-refractivity contribution in [2.24, 2.45) is 0 Å². The Balaban J connectivity index is 3.21. The Morgan fingerprint density at radius 2 is 0.581 bits per heavy atom. The summed E-state index contributed by atoms with van der Waals surface area (Å²) < 4.78 is 0. The van der Waals surface area contributed by atoms with Crippen LogP contribution in [-0.4, -0.2) is 99.3 Å². The van der Waals surface area contributed by atoms with Crippen LogP contribution in [0, 0.1) is 111 Å². The van der Waals surface area contributed by atoms with Crippen LogP contribution < -0.4 is 0 Å². The summed E-state index contributed by atoms with van der Waals surface area (Å²) in [5, 5.41) is 137. The van der Waals surface area contributed by atoms with Crippen molar-refractivity contribution in [3.8, 4) is 0 Å². The molecule has 4 aliphatic rings. The van der Waals surface area contributed by atoms with Gasteiger partial charge in [0, 0.05) is 4.92 Å². The van der Waals surface area contributed by atoms with Crippen molar-refractivity contribution in [3.63, 3.8) is 0 Å². The molecule has 4 unspecified atom stereocenters. The average Bonchev–Trinajstić information content (AvgIpc) is 2.81. The SMILES string of the molecule is O=[N+]([O-])C1C2([N+](=O)[O-])CC3([N+](=O)[O-])C([N+](=O)[O-])([N+](=O)[O-])C1([N+](=O)[O-])CC([N+](=O)[O-])(C2([N+](=O)[O-])[N+](=O)[O-])C3([N+](=O)[O-])[N+](=O)[O-]. The monoisotopic (exact) mass is 631 g/mol. The molecule has 4 atom stereocenters. The molecule has 0 spiro atoms. The molecular formula is C10H5N11O22. The van der Waals surface area contributed by atoms with Crippen LogP contribution in [0.2, 0.25) is 0 Å². The molecule has 0 amide bonds. The van der Waals surface area contributed by atoms with E-state index in [9.17, 15) is 111 Å². The quantitative estimate of drug-likeness (QED) is 0.120. The minimum atomic E-state index is -6.33. The zero-order valence-corrected chi connectivity index (χ0v) is 19.4. The lowest BCUT2D eigenvalue weighted by molar-refractivity contribution is -1.04. The Hall–Kier alpha value is -6.60. The molecule has 0 aromatic rings. The lowest BCUT2D eigenvalue weighted by Gasteiger charge is -2.55. The molecule has 4 rings (SSSR count). The van der Waals surface area contributed by atoms with Crippen LogP contribution in [0.4, 0.5) is 0 Å². The molecule has 0 aromatic carbocycles. The summed E-state index contributed by atoms with van der Waals surface area (Å²) in [5.41, 5.74) is -41.9. The minimum absolute atomic E-state index is 2.56. The second kappa shape index (κ2) is 7.78. The maximum atomic E-state index is 12.6. The van der Waals surface area contributed by atoms with Crippen molar-refractivity contribution in [3.05, 3.63) is 111 Å². The predicted octanol–water partition coefficient (Wildman–Crippen LogP) is -3.74. The third kappa shape index (κ3) is 2.15. The van der Waals surface area contributed by atoms with Crippen LogP contribution in [0.3, 0.4) is 0 Å². The lowest BCUT2D eigenvalue weighted by Crippen LogP contribution is -3.12. The molecule has 33 nitrogen and oxygen atoms in total. The molecule has 4 bridgehead atoms. The van der Waals surface area contributed by atoms with Gasteiger partial charge in [-0.05, 0) is 0 Å². The van der Waals surface area contributed by atoms with Gasteiger partial charge in [-0.3, -0.25) is 111 Å². The van der Waals surface area contributed by atoms with E-state index < -0.39 is 112 Å². The van der Waals surface area contributed by atoms with Crippen LogP contribution in [0.25, 0.3) is 0 Å². The Labute approximate surface area is 224 Å². The molecule has 0 heterocycles. The highest BCUT2D eigenvalue weighted by Crippen LogP contribution is 2.76. The molecule has 43 heavy (non-hydrogen) atoms. The standard InChI is InChI=1S/C10H5N11O22/c22-11(23)3-4(12(24)25)1-6(14(28)29)9(18(36)37,19(38)39)5(3,13(26)27)2-7(15(30)31,8(4,16(32)33)17(34)35)10(6,20(40)41)21(42)43/h3H,1-2H2. The first-order valence-corrected chi connectivity index (χ1v) is 10.0. The fraction of sp³-hybridized carbons (Fsp3) is 1.00. The molecule has 4 aliphatic carbocycles. The van der Waals surface area contributed by atoms with Crippen molar-refractivity contribution < 1.29 is 54.2 Å². The smallest absolute Gasteiger partial charge is 0.264 e. The maximum absolute atomic E-state index is 12.6. The Morgan fingerprint density at radius 3 is 0.721 bits per heavy atom. The third-order valence-corrected chi connectivity index (χ3v) is 8.54. The van der Waals surface area contributed by atoms with Crippen molar-refractivity contribution in [1.29, 1.82) is 0 Å². The number of hydrogen-bond acceptors (Lipinski definition) is 22. The van der Waals surface area contributed by atoms with Gasteiger partial charge < -0.3 is 0 Å². The normalized spacial score (nSPS) is 33.8. The van der Waals surface area contributed by atoms with Crippen LogP contribution in [-0.2, 0) is 0 Å². The van der Waals surface area contributed by atoms with Crippen molar-refractivity contribution in [2.45, 2.75) is 58.0 Å². The van der Waals surface area contributed by atoms with E-state index in [4.69, 9.17) is 0 Å². The summed E-state index contributed by atoms with van der Waals surface area (Å²) in [5.74, 6) is 0. The number of rotatable bonds is 11. The Bertz CT molecular complexity index is 1420. The van der Waals surface area contributed by atoms with Gasteiger partial charge in [-0.25, -0.2) is 0 Å². The molecule has 0 saturated heterocycles. The zero-order valence-electron chi connectivity index (χ0n) is 19.4. The molecule has 0 N–H and O–H groups in total. The van der Waals surface area contributed by atoms with Crippen molar-refractivity contribution in [2.75, 3.05) is 0 Å². The Morgan fingerprint density at radius 1 is 0.349 bits per heavy atom. The second-order valence-electron chi connectivity index (χ2n) is 9.20. The van der Waals surface area contributed by atoms with Gasteiger partial charge in [0.05, 0.1) is 19.7 Å². The van der Waals surface area contributed by atoms with Gasteiger partial charge in [0.15, 0.2) is 0 Å². The highest BCUT2D eigenvalue weighted by molar-refractivity contribution is 5.42. The van der Waals surface area contributed by atoms with Crippen LogP contribution >= 0.6 is 0 Å². The van der Waals surface area contributed by atoms with Crippen molar-refractivity contribution >= 4 is 0 Å². The van der Waals surface area contributed by atoms with Gasteiger partial charge in [-0.1, -0.05) is 0 Å². The first-order valence-electron chi connectivity index (χ1n) is 10.0. The van der Waals surface area contributed by atoms with E-state index in [-0.39, 0.29) is 0 Å². The van der Waals surface area contributed by atoms with Crippen LogP contribution in [0.5, 0.6) is 0 Å². The average molecular weight is 631 g/mol.